The van der Waals surface area contributed by atoms with Gasteiger partial charge in [0.15, 0.2) is 6.29 Å². The Hall–Kier alpha value is -2.57. The van der Waals surface area contributed by atoms with Crippen LogP contribution in [0.25, 0.3) is 10.8 Å². The summed E-state index contributed by atoms with van der Waals surface area (Å²) in [4.78, 5) is 11.7. The summed E-state index contributed by atoms with van der Waals surface area (Å²) in [6.07, 6.45) is -1.54. The van der Waals surface area contributed by atoms with Crippen LogP contribution >= 0.6 is 0 Å². The molecule has 0 aliphatic rings. The lowest BCUT2D eigenvalue weighted by Gasteiger charge is -2.09. The van der Waals surface area contributed by atoms with Gasteiger partial charge in [0.1, 0.15) is 5.82 Å². The van der Waals surface area contributed by atoms with E-state index >= 15 is 0 Å². The summed E-state index contributed by atoms with van der Waals surface area (Å²) in [5.74, 6) is -0.682. The fourth-order valence-electron chi connectivity index (χ4n) is 2.40. The number of nitrogens with one attached hydrogen (secondary N) is 1. The summed E-state index contributed by atoms with van der Waals surface area (Å²) >= 11 is 0. The first-order valence-corrected chi connectivity index (χ1v) is 6.67. The molecule has 2 aromatic carbocycles. The molecule has 3 aromatic rings. The van der Waals surface area contributed by atoms with E-state index < -0.39 is 12.1 Å². The van der Waals surface area contributed by atoms with Crippen LogP contribution in [-0.2, 0) is 6.42 Å². The van der Waals surface area contributed by atoms with Crippen LogP contribution in [0.15, 0.2) is 47.3 Å². The Bertz CT molecular complexity index is 890. The predicted octanol–water partition coefficient (Wildman–Crippen LogP) is 1.64. The van der Waals surface area contributed by atoms with Crippen LogP contribution in [-0.4, -0.2) is 20.4 Å². The van der Waals surface area contributed by atoms with E-state index in [9.17, 15) is 9.18 Å². The predicted molar refractivity (Wildman–Crippen MR) is 78.7 cm³/mol. The number of halogens is 1. The molecule has 1 aromatic heterocycles. The van der Waals surface area contributed by atoms with Crippen molar-refractivity contribution in [3.05, 3.63) is 75.5 Å². The van der Waals surface area contributed by atoms with Gasteiger partial charge in [-0.2, -0.15) is 5.10 Å². The minimum absolute atomic E-state index is 0.189. The molecule has 3 rings (SSSR count). The summed E-state index contributed by atoms with van der Waals surface area (Å²) < 4.78 is 13.5. The topological polar surface area (TPSA) is 86.2 Å². The maximum absolute atomic E-state index is 13.5. The van der Waals surface area contributed by atoms with Crippen molar-refractivity contribution in [2.24, 2.45) is 0 Å². The van der Waals surface area contributed by atoms with E-state index in [1.165, 1.54) is 12.1 Å². The van der Waals surface area contributed by atoms with Crippen LogP contribution < -0.4 is 5.56 Å². The molecular formula is C16H13FN2O3. The van der Waals surface area contributed by atoms with Gasteiger partial charge in [-0.25, -0.2) is 9.49 Å². The number of H-pyrrole nitrogens is 1. The molecule has 1 heterocycles. The molecule has 0 radical (unpaired) electrons. The normalized spacial score (nSPS) is 11.3. The molecule has 0 aliphatic heterocycles. The zero-order valence-electron chi connectivity index (χ0n) is 11.5. The quantitative estimate of drug-likeness (QED) is 0.642. The Kier molecular flexibility index (Phi) is 3.70. The van der Waals surface area contributed by atoms with Crippen LogP contribution in [0.4, 0.5) is 4.39 Å². The number of aliphatic hydroxyl groups is 2. The molecule has 0 spiro atoms. The van der Waals surface area contributed by atoms with Gasteiger partial charge in [-0.3, -0.25) is 4.79 Å². The molecule has 22 heavy (non-hydrogen) atoms. The highest BCUT2D eigenvalue weighted by Crippen LogP contribution is 2.20. The van der Waals surface area contributed by atoms with Crippen molar-refractivity contribution in [1.82, 2.24) is 10.2 Å². The van der Waals surface area contributed by atoms with Crippen molar-refractivity contribution in [2.45, 2.75) is 12.7 Å². The van der Waals surface area contributed by atoms with Crippen molar-refractivity contribution in [3.63, 3.8) is 0 Å². The SMILES string of the molecule is O=c1[nH]nc(Cc2ccc(F)c(C(O)O)c2)c2ccccc12. The molecule has 0 unspecified atom stereocenters. The van der Waals surface area contributed by atoms with Crippen LogP contribution in [0.5, 0.6) is 0 Å². The van der Waals surface area contributed by atoms with Gasteiger partial charge in [0.2, 0.25) is 0 Å². The van der Waals surface area contributed by atoms with Crippen molar-refractivity contribution in [3.8, 4) is 0 Å². The van der Waals surface area contributed by atoms with Crippen LogP contribution in [0.1, 0.15) is 23.1 Å². The minimum Gasteiger partial charge on any atom is -0.364 e. The number of hydrogen-bond acceptors (Lipinski definition) is 4. The lowest BCUT2D eigenvalue weighted by molar-refractivity contribution is -0.0449. The first-order chi connectivity index (χ1) is 10.6. The standard InChI is InChI=1S/C16H13FN2O3/c17-13-6-5-9(7-12(13)16(21)22)8-14-10-3-1-2-4-11(10)15(20)19-18-14/h1-7,16,21-22H,8H2,(H,19,20). The maximum Gasteiger partial charge on any atom is 0.272 e. The Labute approximate surface area is 124 Å². The largest absolute Gasteiger partial charge is 0.364 e. The van der Waals surface area contributed by atoms with E-state index in [4.69, 9.17) is 10.2 Å². The molecule has 0 aliphatic carbocycles. The van der Waals surface area contributed by atoms with Crippen LogP contribution in [0.2, 0.25) is 0 Å². The van der Waals surface area contributed by atoms with Gasteiger partial charge >= 0.3 is 0 Å². The van der Waals surface area contributed by atoms with Crippen molar-refractivity contribution in [2.75, 3.05) is 0 Å². The third-order valence-electron chi connectivity index (χ3n) is 3.49. The molecule has 0 fully saturated rings. The molecule has 5 nitrogen and oxygen atoms in total. The zero-order chi connectivity index (χ0) is 15.7. The molecule has 6 heteroatoms. The second-order valence-electron chi connectivity index (χ2n) is 4.95. The number of rotatable bonds is 3. The Morgan fingerprint density at radius 3 is 2.59 bits per heavy atom. The van der Waals surface area contributed by atoms with Crippen molar-refractivity contribution in [1.29, 1.82) is 0 Å². The van der Waals surface area contributed by atoms with Crippen LogP contribution in [0, 0.1) is 5.82 Å². The fraction of sp³-hybridized carbons (Fsp3) is 0.125. The van der Waals surface area contributed by atoms with E-state index in [1.54, 1.807) is 30.3 Å². The van der Waals surface area contributed by atoms with E-state index in [0.717, 1.165) is 0 Å². The van der Waals surface area contributed by atoms with E-state index in [2.05, 4.69) is 10.2 Å². The highest BCUT2D eigenvalue weighted by Gasteiger charge is 2.12. The number of benzene rings is 2. The van der Waals surface area contributed by atoms with E-state index in [-0.39, 0.29) is 11.1 Å². The van der Waals surface area contributed by atoms with Gasteiger partial charge in [0.25, 0.3) is 5.56 Å². The number of aliphatic hydroxyl groups excluding tert-OH is 1. The number of fused-ring (bicyclic) bond motifs is 1. The first kappa shape index (κ1) is 14.4. The van der Waals surface area contributed by atoms with Gasteiger partial charge in [0.05, 0.1) is 11.1 Å². The Morgan fingerprint density at radius 1 is 1.14 bits per heavy atom. The highest BCUT2D eigenvalue weighted by atomic mass is 19.1. The second kappa shape index (κ2) is 5.67. The molecule has 0 atom stereocenters. The number of hydrogen-bond donors (Lipinski definition) is 3. The molecular weight excluding hydrogens is 287 g/mol. The third kappa shape index (κ3) is 2.61. The molecule has 0 saturated carbocycles. The molecule has 0 bridgehead atoms. The number of aromatic amines is 1. The maximum atomic E-state index is 13.5. The third-order valence-corrected chi connectivity index (χ3v) is 3.49. The van der Waals surface area contributed by atoms with E-state index in [0.29, 0.717) is 28.5 Å². The summed E-state index contributed by atoms with van der Waals surface area (Å²) in [5.41, 5.74) is 0.825. The minimum atomic E-state index is -1.87. The summed E-state index contributed by atoms with van der Waals surface area (Å²) in [6, 6.07) is 11.2. The van der Waals surface area contributed by atoms with Crippen molar-refractivity contribution < 1.29 is 14.6 Å². The zero-order valence-corrected chi connectivity index (χ0v) is 11.5. The smallest absolute Gasteiger partial charge is 0.272 e. The molecule has 3 N–H and O–H groups in total. The van der Waals surface area contributed by atoms with Gasteiger partial charge in [0, 0.05) is 17.4 Å². The van der Waals surface area contributed by atoms with Gasteiger partial charge in [-0.1, -0.05) is 24.3 Å². The Balaban J connectivity index is 2.06. The molecule has 112 valence electrons. The summed E-state index contributed by atoms with van der Waals surface area (Å²) in [7, 11) is 0. The fourth-order valence-corrected chi connectivity index (χ4v) is 2.40. The molecule has 0 saturated heterocycles. The number of nitrogens with zero attached hydrogens (tertiary/aromatic N) is 1. The van der Waals surface area contributed by atoms with Gasteiger partial charge in [-0.05, 0) is 23.8 Å². The summed E-state index contributed by atoms with van der Waals surface area (Å²) in [6.45, 7) is 0. The molecule has 0 amide bonds. The van der Waals surface area contributed by atoms with Gasteiger partial charge in [-0.15, -0.1) is 0 Å². The second-order valence-corrected chi connectivity index (χ2v) is 4.95. The average molecular weight is 300 g/mol. The highest BCUT2D eigenvalue weighted by molar-refractivity contribution is 5.83. The Morgan fingerprint density at radius 2 is 1.86 bits per heavy atom. The lowest BCUT2D eigenvalue weighted by Crippen LogP contribution is -2.11. The van der Waals surface area contributed by atoms with Crippen molar-refractivity contribution >= 4 is 10.8 Å². The lowest BCUT2D eigenvalue weighted by atomic mass is 10.0. The monoisotopic (exact) mass is 300 g/mol. The number of aromatic nitrogens is 2. The first-order valence-electron chi connectivity index (χ1n) is 6.67. The summed E-state index contributed by atoms with van der Waals surface area (Å²) in [5, 5.41) is 26.0. The van der Waals surface area contributed by atoms with Crippen LogP contribution in [0.3, 0.4) is 0 Å². The van der Waals surface area contributed by atoms with E-state index in [1.807, 2.05) is 0 Å². The van der Waals surface area contributed by atoms with Gasteiger partial charge < -0.3 is 10.2 Å². The average Bonchev–Trinajstić information content (AvgIpc) is 2.52.